The number of aliphatic hydroxyl groups excluding tert-OH is 1. The summed E-state index contributed by atoms with van der Waals surface area (Å²) < 4.78 is 12.9. The van der Waals surface area contributed by atoms with Crippen LogP contribution in [0.3, 0.4) is 0 Å². The van der Waals surface area contributed by atoms with Gasteiger partial charge in [-0.25, -0.2) is 4.39 Å². The van der Waals surface area contributed by atoms with Crippen LogP contribution in [0.25, 0.3) is 0 Å². The molecule has 1 atom stereocenters. The van der Waals surface area contributed by atoms with Crippen molar-refractivity contribution in [2.75, 3.05) is 25.1 Å². The summed E-state index contributed by atoms with van der Waals surface area (Å²) in [5.41, 5.74) is 1.14. The van der Waals surface area contributed by atoms with E-state index in [1.807, 2.05) is 18.4 Å². The predicted molar refractivity (Wildman–Crippen MR) is 88.4 cm³/mol. The minimum atomic E-state index is -0.860. The first kappa shape index (κ1) is 17.3. The molecule has 1 saturated heterocycles. The molecular formula is C17H24FNO2S. The van der Waals surface area contributed by atoms with E-state index in [1.165, 1.54) is 12.1 Å². The summed E-state index contributed by atoms with van der Waals surface area (Å²) in [6.45, 7) is 1.42. The average molecular weight is 325 g/mol. The fraction of sp³-hybridized carbons (Fsp3) is 0.588. The number of hydrogen-bond donors (Lipinski definition) is 1. The van der Waals surface area contributed by atoms with Crippen LogP contribution in [0.1, 0.15) is 24.8 Å². The number of rotatable bonds is 6. The zero-order valence-electron chi connectivity index (χ0n) is 13.0. The molecule has 0 bridgehead atoms. The van der Waals surface area contributed by atoms with E-state index in [9.17, 15) is 14.3 Å². The fourth-order valence-electron chi connectivity index (χ4n) is 2.88. The minimum absolute atomic E-state index is 0.130. The number of piperidine rings is 1. The Morgan fingerprint density at radius 1 is 1.36 bits per heavy atom. The monoisotopic (exact) mass is 325 g/mol. The van der Waals surface area contributed by atoms with Crippen LogP contribution in [-0.2, 0) is 11.2 Å². The molecule has 1 aliphatic heterocycles. The molecule has 0 aliphatic carbocycles. The molecule has 1 fully saturated rings. The first-order valence-corrected chi connectivity index (χ1v) is 9.19. The number of likely N-dealkylation sites (tertiary alicyclic amines) is 1. The summed E-state index contributed by atoms with van der Waals surface area (Å²) in [4.78, 5) is 13.9. The largest absolute Gasteiger partial charge is 0.383 e. The molecule has 122 valence electrons. The molecule has 0 saturated carbocycles. The molecular weight excluding hydrogens is 301 g/mol. The standard InChI is InChI=1S/C17H24FNO2S/c1-22-11-8-16(20)17(21)19-9-6-14(7-10-19)12-13-2-4-15(18)5-3-13/h2-5,14,16,20H,6-12H2,1H3/t16-/m1/s1. The van der Waals surface area contributed by atoms with Crippen molar-refractivity contribution in [3.8, 4) is 0 Å². The molecule has 0 spiro atoms. The van der Waals surface area contributed by atoms with Crippen LogP contribution in [-0.4, -0.2) is 47.1 Å². The van der Waals surface area contributed by atoms with Gasteiger partial charge in [-0.1, -0.05) is 12.1 Å². The van der Waals surface area contributed by atoms with Gasteiger partial charge >= 0.3 is 0 Å². The molecule has 1 aromatic rings. The van der Waals surface area contributed by atoms with Crippen LogP contribution < -0.4 is 0 Å². The van der Waals surface area contributed by atoms with E-state index in [2.05, 4.69) is 0 Å². The summed E-state index contributed by atoms with van der Waals surface area (Å²) in [5, 5.41) is 9.89. The van der Waals surface area contributed by atoms with Gasteiger partial charge in [-0.2, -0.15) is 11.8 Å². The van der Waals surface area contributed by atoms with Crippen LogP contribution >= 0.6 is 11.8 Å². The second kappa shape index (κ2) is 8.53. The number of thioether (sulfide) groups is 1. The Hall–Kier alpha value is -1.07. The third-order valence-electron chi connectivity index (χ3n) is 4.24. The molecule has 0 unspecified atom stereocenters. The van der Waals surface area contributed by atoms with Gasteiger partial charge in [0.05, 0.1) is 0 Å². The summed E-state index contributed by atoms with van der Waals surface area (Å²) in [5.74, 6) is 0.990. The molecule has 22 heavy (non-hydrogen) atoms. The lowest BCUT2D eigenvalue weighted by molar-refractivity contribution is -0.141. The quantitative estimate of drug-likeness (QED) is 0.874. The molecule has 3 nitrogen and oxygen atoms in total. The van der Waals surface area contributed by atoms with E-state index in [0.29, 0.717) is 25.4 Å². The third kappa shape index (κ3) is 4.99. The highest BCUT2D eigenvalue weighted by molar-refractivity contribution is 7.98. The van der Waals surface area contributed by atoms with Crippen molar-refractivity contribution in [1.29, 1.82) is 0 Å². The number of amides is 1. The SMILES string of the molecule is CSCC[C@@H](O)C(=O)N1CCC(Cc2ccc(F)cc2)CC1. The highest BCUT2D eigenvalue weighted by Crippen LogP contribution is 2.22. The maximum Gasteiger partial charge on any atom is 0.251 e. The summed E-state index contributed by atoms with van der Waals surface area (Å²) in [6.07, 6.45) is 4.45. The maximum absolute atomic E-state index is 12.9. The molecule has 2 rings (SSSR count). The molecule has 1 heterocycles. The van der Waals surface area contributed by atoms with Gasteiger partial charge in [-0.15, -0.1) is 0 Å². The molecule has 0 radical (unpaired) electrons. The van der Waals surface area contributed by atoms with Crippen LogP contribution in [0.4, 0.5) is 4.39 Å². The second-order valence-electron chi connectivity index (χ2n) is 5.90. The van der Waals surface area contributed by atoms with Crippen LogP contribution in [0, 0.1) is 11.7 Å². The Morgan fingerprint density at radius 2 is 2.00 bits per heavy atom. The van der Waals surface area contributed by atoms with Gasteiger partial charge < -0.3 is 10.0 Å². The summed E-state index contributed by atoms with van der Waals surface area (Å²) >= 11 is 1.64. The number of carbonyl (C=O) groups excluding carboxylic acids is 1. The van der Waals surface area contributed by atoms with Crippen molar-refractivity contribution in [2.45, 2.75) is 31.8 Å². The zero-order valence-corrected chi connectivity index (χ0v) is 13.8. The Labute approximate surface area is 135 Å². The van der Waals surface area contributed by atoms with Crippen LogP contribution in [0.5, 0.6) is 0 Å². The lowest BCUT2D eigenvalue weighted by Crippen LogP contribution is -2.44. The van der Waals surface area contributed by atoms with E-state index in [4.69, 9.17) is 0 Å². The number of nitrogens with zero attached hydrogens (tertiary/aromatic N) is 1. The van der Waals surface area contributed by atoms with Gasteiger partial charge in [-0.3, -0.25) is 4.79 Å². The minimum Gasteiger partial charge on any atom is -0.383 e. The Kier molecular flexibility index (Phi) is 6.70. The van der Waals surface area contributed by atoms with Gasteiger partial charge in [0.2, 0.25) is 0 Å². The van der Waals surface area contributed by atoms with Crippen molar-refractivity contribution < 1.29 is 14.3 Å². The summed E-state index contributed by atoms with van der Waals surface area (Å²) in [6, 6.07) is 6.66. The van der Waals surface area contributed by atoms with Crippen molar-refractivity contribution in [2.24, 2.45) is 5.92 Å². The molecule has 0 aromatic heterocycles. The van der Waals surface area contributed by atoms with Crippen LogP contribution in [0.15, 0.2) is 24.3 Å². The lowest BCUT2D eigenvalue weighted by Gasteiger charge is -2.33. The normalized spacial score (nSPS) is 17.5. The maximum atomic E-state index is 12.9. The van der Waals surface area contributed by atoms with Crippen molar-refractivity contribution in [3.63, 3.8) is 0 Å². The highest BCUT2D eigenvalue weighted by Gasteiger charge is 2.26. The molecule has 1 N–H and O–H groups in total. The Balaban J connectivity index is 1.77. The zero-order chi connectivity index (χ0) is 15.9. The number of halogens is 1. The van der Waals surface area contributed by atoms with E-state index in [1.54, 1.807) is 16.7 Å². The Morgan fingerprint density at radius 3 is 2.59 bits per heavy atom. The average Bonchev–Trinajstić information content (AvgIpc) is 2.55. The van der Waals surface area contributed by atoms with Crippen molar-refractivity contribution in [1.82, 2.24) is 4.90 Å². The first-order valence-electron chi connectivity index (χ1n) is 7.80. The highest BCUT2D eigenvalue weighted by atomic mass is 32.2. The fourth-order valence-corrected chi connectivity index (χ4v) is 3.33. The number of aliphatic hydroxyl groups is 1. The summed E-state index contributed by atoms with van der Waals surface area (Å²) in [7, 11) is 0. The third-order valence-corrected chi connectivity index (χ3v) is 4.89. The molecule has 1 amide bonds. The van der Waals surface area contributed by atoms with Gasteiger partial charge in [0.15, 0.2) is 0 Å². The van der Waals surface area contributed by atoms with Crippen LogP contribution in [0.2, 0.25) is 0 Å². The number of carbonyl (C=O) groups is 1. The van der Waals surface area contributed by atoms with Gasteiger partial charge in [0.1, 0.15) is 11.9 Å². The number of hydrogen-bond acceptors (Lipinski definition) is 3. The first-order chi connectivity index (χ1) is 10.6. The van der Waals surface area contributed by atoms with Crippen molar-refractivity contribution >= 4 is 17.7 Å². The smallest absolute Gasteiger partial charge is 0.251 e. The van der Waals surface area contributed by atoms with Gasteiger partial charge in [0.25, 0.3) is 5.91 Å². The van der Waals surface area contributed by atoms with Gasteiger partial charge in [-0.05, 0) is 61.3 Å². The van der Waals surface area contributed by atoms with Gasteiger partial charge in [0, 0.05) is 13.1 Å². The predicted octanol–water partition coefficient (Wildman–Crippen LogP) is 2.72. The van der Waals surface area contributed by atoms with Crippen molar-refractivity contribution in [3.05, 3.63) is 35.6 Å². The van der Waals surface area contributed by atoms with E-state index in [-0.39, 0.29) is 11.7 Å². The lowest BCUT2D eigenvalue weighted by atomic mass is 9.90. The van der Waals surface area contributed by atoms with E-state index < -0.39 is 6.10 Å². The Bertz CT molecular complexity index is 472. The van der Waals surface area contributed by atoms with E-state index >= 15 is 0 Å². The molecule has 5 heteroatoms. The molecule has 1 aromatic carbocycles. The topological polar surface area (TPSA) is 40.5 Å². The second-order valence-corrected chi connectivity index (χ2v) is 6.88. The number of benzene rings is 1. The van der Waals surface area contributed by atoms with E-state index in [0.717, 1.165) is 30.6 Å². The molecule has 1 aliphatic rings.